The van der Waals surface area contributed by atoms with Gasteiger partial charge in [0.15, 0.2) is 11.7 Å². The van der Waals surface area contributed by atoms with Crippen LogP contribution in [0.5, 0.6) is 0 Å². The second-order valence-corrected chi connectivity index (χ2v) is 4.69. The van der Waals surface area contributed by atoms with E-state index in [0.29, 0.717) is 5.56 Å². The summed E-state index contributed by atoms with van der Waals surface area (Å²) < 4.78 is 0.738. The number of hydrogen-bond donors (Lipinski definition) is 1. The first-order valence-corrected chi connectivity index (χ1v) is 6.00. The Labute approximate surface area is 113 Å². The van der Waals surface area contributed by atoms with Crippen LogP contribution in [0.4, 0.5) is 0 Å². The predicted molar refractivity (Wildman–Crippen MR) is 71.4 cm³/mol. The Morgan fingerprint density at radius 2 is 2.12 bits per heavy atom. The van der Waals surface area contributed by atoms with Crippen molar-refractivity contribution in [3.63, 3.8) is 0 Å². The standard InChI is InChI=1S/C12H11IN2O2/c1-7-3-4-10(13)8(5-7)11(16)9(6-14)12(17)15-2/h3-5,9H,1-2H3,(H,15,17)/t9-/m0/s1. The van der Waals surface area contributed by atoms with E-state index in [9.17, 15) is 9.59 Å². The summed E-state index contributed by atoms with van der Waals surface area (Å²) in [7, 11) is 1.40. The highest BCUT2D eigenvalue weighted by atomic mass is 127. The fourth-order valence-electron chi connectivity index (χ4n) is 1.36. The number of Topliss-reactive ketones (excluding diaryl/α,β-unsaturated/α-hetero) is 1. The molecule has 0 aromatic heterocycles. The number of nitrogens with one attached hydrogen (secondary N) is 1. The van der Waals surface area contributed by atoms with Gasteiger partial charge in [0.05, 0.1) is 6.07 Å². The molecule has 0 heterocycles. The number of aryl methyl sites for hydroxylation is 1. The van der Waals surface area contributed by atoms with E-state index < -0.39 is 17.6 Å². The number of hydrogen-bond acceptors (Lipinski definition) is 3. The molecule has 1 aromatic carbocycles. The Morgan fingerprint density at radius 3 is 2.65 bits per heavy atom. The minimum Gasteiger partial charge on any atom is -0.358 e. The number of carbonyl (C=O) groups excluding carboxylic acids is 2. The molecule has 88 valence electrons. The lowest BCUT2D eigenvalue weighted by Crippen LogP contribution is -2.32. The lowest BCUT2D eigenvalue weighted by Gasteiger charge is -2.09. The molecule has 0 fully saturated rings. The number of nitriles is 1. The van der Waals surface area contributed by atoms with E-state index in [4.69, 9.17) is 5.26 Å². The van der Waals surface area contributed by atoms with Crippen LogP contribution in [0.15, 0.2) is 18.2 Å². The van der Waals surface area contributed by atoms with E-state index in [1.165, 1.54) is 7.05 Å². The van der Waals surface area contributed by atoms with Gasteiger partial charge >= 0.3 is 0 Å². The van der Waals surface area contributed by atoms with Crippen LogP contribution in [-0.4, -0.2) is 18.7 Å². The minimum absolute atomic E-state index is 0.417. The summed E-state index contributed by atoms with van der Waals surface area (Å²) in [4.78, 5) is 23.5. The van der Waals surface area contributed by atoms with Gasteiger partial charge in [0.2, 0.25) is 5.91 Å². The van der Waals surface area contributed by atoms with Gasteiger partial charge in [-0.05, 0) is 41.6 Å². The summed E-state index contributed by atoms with van der Waals surface area (Å²) in [5, 5.41) is 11.2. The molecular formula is C12H11IN2O2. The number of nitrogens with zero attached hydrogens (tertiary/aromatic N) is 1. The summed E-state index contributed by atoms with van der Waals surface area (Å²) >= 11 is 2.02. The molecular weight excluding hydrogens is 331 g/mol. The molecule has 0 saturated carbocycles. The quantitative estimate of drug-likeness (QED) is 0.516. The number of halogens is 1. The molecule has 0 aliphatic rings. The first-order chi connectivity index (χ1) is 8.01. The number of benzene rings is 1. The van der Waals surface area contributed by atoms with Gasteiger partial charge in [0.25, 0.3) is 0 Å². The van der Waals surface area contributed by atoms with E-state index in [0.717, 1.165) is 9.13 Å². The van der Waals surface area contributed by atoms with Gasteiger partial charge in [-0.2, -0.15) is 5.26 Å². The van der Waals surface area contributed by atoms with Crippen molar-refractivity contribution >= 4 is 34.3 Å². The second kappa shape index (κ2) is 5.77. The molecule has 0 saturated heterocycles. The third-order valence-electron chi connectivity index (χ3n) is 2.29. The van der Waals surface area contributed by atoms with Crippen LogP contribution >= 0.6 is 22.6 Å². The molecule has 0 aliphatic carbocycles. The molecule has 0 bridgehead atoms. The van der Waals surface area contributed by atoms with Gasteiger partial charge < -0.3 is 5.32 Å². The Balaban J connectivity index is 3.16. The lowest BCUT2D eigenvalue weighted by molar-refractivity contribution is -0.121. The van der Waals surface area contributed by atoms with E-state index in [-0.39, 0.29) is 0 Å². The molecule has 0 unspecified atom stereocenters. The Bertz CT molecular complexity index is 506. The Morgan fingerprint density at radius 1 is 1.47 bits per heavy atom. The zero-order valence-electron chi connectivity index (χ0n) is 9.45. The van der Waals surface area contributed by atoms with Gasteiger partial charge in [-0.15, -0.1) is 0 Å². The van der Waals surface area contributed by atoms with Crippen LogP contribution in [0.3, 0.4) is 0 Å². The second-order valence-electron chi connectivity index (χ2n) is 3.52. The summed E-state index contributed by atoms with van der Waals surface area (Å²) in [5.41, 5.74) is 1.34. The van der Waals surface area contributed by atoms with Crippen molar-refractivity contribution in [1.29, 1.82) is 5.26 Å². The number of ketones is 1. The monoisotopic (exact) mass is 342 g/mol. The molecule has 4 nitrogen and oxygen atoms in total. The number of rotatable bonds is 3. The van der Waals surface area contributed by atoms with Crippen LogP contribution in [0.25, 0.3) is 0 Å². The molecule has 5 heteroatoms. The SMILES string of the molecule is CNC(=O)[C@@H](C#N)C(=O)c1cc(C)ccc1I. The molecule has 1 N–H and O–H groups in total. The predicted octanol–water partition coefficient (Wildman–Crippen LogP) is 1.67. The first-order valence-electron chi connectivity index (χ1n) is 4.92. The highest BCUT2D eigenvalue weighted by Crippen LogP contribution is 2.18. The first kappa shape index (κ1) is 13.6. The summed E-state index contributed by atoms with van der Waals surface area (Å²) in [6.07, 6.45) is 0. The molecule has 1 atom stereocenters. The molecule has 0 aliphatic heterocycles. The third-order valence-corrected chi connectivity index (χ3v) is 3.23. The molecule has 1 aromatic rings. The largest absolute Gasteiger partial charge is 0.358 e. The normalized spacial score (nSPS) is 11.4. The summed E-state index contributed by atoms with van der Waals surface area (Å²) in [6.45, 7) is 1.86. The van der Waals surface area contributed by atoms with E-state index >= 15 is 0 Å². The van der Waals surface area contributed by atoms with Crippen molar-refractivity contribution in [3.8, 4) is 6.07 Å². The van der Waals surface area contributed by atoms with Gasteiger partial charge in [-0.3, -0.25) is 9.59 Å². The van der Waals surface area contributed by atoms with E-state index in [2.05, 4.69) is 5.32 Å². The highest BCUT2D eigenvalue weighted by Gasteiger charge is 2.27. The molecule has 17 heavy (non-hydrogen) atoms. The van der Waals surface area contributed by atoms with Gasteiger partial charge in [0.1, 0.15) is 0 Å². The van der Waals surface area contributed by atoms with Crippen molar-refractivity contribution in [2.24, 2.45) is 5.92 Å². The van der Waals surface area contributed by atoms with Crippen LogP contribution in [0.2, 0.25) is 0 Å². The van der Waals surface area contributed by atoms with Crippen LogP contribution in [-0.2, 0) is 4.79 Å². The van der Waals surface area contributed by atoms with Crippen molar-refractivity contribution in [1.82, 2.24) is 5.32 Å². The zero-order chi connectivity index (χ0) is 13.0. The molecule has 0 radical (unpaired) electrons. The van der Waals surface area contributed by atoms with Gasteiger partial charge in [-0.1, -0.05) is 11.6 Å². The number of carbonyl (C=O) groups is 2. The third kappa shape index (κ3) is 3.03. The molecule has 1 rings (SSSR count). The maximum absolute atomic E-state index is 12.1. The van der Waals surface area contributed by atoms with Crippen molar-refractivity contribution in [3.05, 3.63) is 32.9 Å². The van der Waals surface area contributed by atoms with Crippen molar-refractivity contribution in [2.75, 3.05) is 7.05 Å². The summed E-state index contributed by atoms with van der Waals surface area (Å²) in [6, 6.07) is 7.09. The Hall–Kier alpha value is -1.42. The zero-order valence-corrected chi connectivity index (χ0v) is 11.6. The van der Waals surface area contributed by atoms with Gasteiger partial charge in [-0.25, -0.2) is 0 Å². The van der Waals surface area contributed by atoms with Crippen LogP contribution in [0.1, 0.15) is 15.9 Å². The van der Waals surface area contributed by atoms with Crippen molar-refractivity contribution < 1.29 is 9.59 Å². The summed E-state index contributed by atoms with van der Waals surface area (Å²) in [5.74, 6) is -2.31. The molecule has 0 spiro atoms. The molecule has 1 amide bonds. The Kier molecular flexibility index (Phi) is 4.63. The van der Waals surface area contributed by atoms with Crippen molar-refractivity contribution in [2.45, 2.75) is 6.92 Å². The smallest absolute Gasteiger partial charge is 0.245 e. The lowest BCUT2D eigenvalue weighted by atomic mass is 9.97. The van der Waals surface area contributed by atoms with Crippen LogP contribution < -0.4 is 5.32 Å². The average Bonchev–Trinajstić information content (AvgIpc) is 2.32. The fraction of sp³-hybridized carbons (Fsp3) is 0.250. The van der Waals surface area contributed by atoms with Gasteiger partial charge in [0, 0.05) is 16.2 Å². The topological polar surface area (TPSA) is 70.0 Å². The van der Waals surface area contributed by atoms with E-state index in [1.54, 1.807) is 18.2 Å². The van der Waals surface area contributed by atoms with Crippen LogP contribution in [0, 0.1) is 27.7 Å². The maximum atomic E-state index is 12.1. The maximum Gasteiger partial charge on any atom is 0.245 e. The average molecular weight is 342 g/mol. The highest BCUT2D eigenvalue weighted by molar-refractivity contribution is 14.1. The number of amides is 1. The van der Waals surface area contributed by atoms with E-state index in [1.807, 2.05) is 35.6 Å². The minimum atomic E-state index is -1.28. The fourth-order valence-corrected chi connectivity index (χ4v) is 1.97.